The fourth-order valence-corrected chi connectivity index (χ4v) is 6.72. The Hall–Kier alpha value is -2.17. The summed E-state index contributed by atoms with van der Waals surface area (Å²) in [6.07, 6.45) is 6.16. The molecule has 7 nitrogen and oxygen atoms in total. The van der Waals surface area contributed by atoms with Crippen molar-refractivity contribution in [2.24, 2.45) is 0 Å². The molecule has 1 N–H and O–H groups in total. The van der Waals surface area contributed by atoms with Crippen LogP contribution >= 0.6 is 23.4 Å². The van der Waals surface area contributed by atoms with E-state index >= 15 is 0 Å². The first kappa shape index (κ1) is 27.4. The Labute approximate surface area is 215 Å². The molecule has 0 saturated heterocycles. The fraction of sp³-hybridized carbons (Fsp3) is 0.458. The molecule has 0 heterocycles. The van der Waals surface area contributed by atoms with Gasteiger partial charge in [-0.25, -0.2) is 12.8 Å². The van der Waals surface area contributed by atoms with E-state index in [1.807, 2.05) is 11.8 Å². The van der Waals surface area contributed by atoms with Gasteiger partial charge in [-0.05, 0) is 43.2 Å². The molecule has 0 spiro atoms. The Kier molecular flexibility index (Phi) is 9.94. The van der Waals surface area contributed by atoms with Crippen LogP contribution in [0.3, 0.4) is 0 Å². The van der Waals surface area contributed by atoms with Crippen LogP contribution in [0.4, 0.5) is 10.1 Å². The second kappa shape index (κ2) is 12.7. The van der Waals surface area contributed by atoms with Gasteiger partial charge in [0, 0.05) is 23.6 Å². The van der Waals surface area contributed by atoms with Gasteiger partial charge in [0.05, 0.1) is 29.8 Å². The zero-order valence-corrected chi connectivity index (χ0v) is 22.1. The number of halogens is 2. The summed E-state index contributed by atoms with van der Waals surface area (Å²) in [5.74, 6) is 0.161. The van der Waals surface area contributed by atoms with E-state index in [0.29, 0.717) is 17.5 Å². The molecule has 0 radical (unpaired) electrons. The minimum Gasteiger partial charge on any atom is -0.493 e. The summed E-state index contributed by atoms with van der Waals surface area (Å²) < 4.78 is 52.2. The summed E-state index contributed by atoms with van der Waals surface area (Å²) in [4.78, 5) is 12.6. The van der Waals surface area contributed by atoms with E-state index in [4.69, 9.17) is 21.1 Å². The summed E-state index contributed by atoms with van der Waals surface area (Å²) >= 11 is 7.75. The monoisotopic (exact) mass is 544 g/mol. The molecule has 0 atom stereocenters. The van der Waals surface area contributed by atoms with Gasteiger partial charge < -0.3 is 14.8 Å². The summed E-state index contributed by atoms with van der Waals surface area (Å²) in [6.45, 7) is -0.0683. The number of thioether (sulfide) groups is 1. The number of hydrogen-bond donors (Lipinski definition) is 1. The quantitative estimate of drug-likeness (QED) is 0.406. The molecular formula is C24H30ClFN2O5S2. The van der Waals surface area contributed by atoms with Gasteiger partial charge >= 0.3 is 0 Å². The molecule has 0 unspecified atom stereocenters. The molecule has 192 valence electrons. The van der Waals surface area contributed by atoms with Crippen LogP contribution in [0.25, 0.3) is 0 Å². The number of benzene rings is 2. The van der Waals surface area contributed by atoms with Crippen molar-refractivity contribution in [3.05, 3.63) is 47.2 Å². The first-order chi connectivity index (χ1) is 16.8. The number of anilines is 1. The maximum Gasteiger partial charge on any atom is 0.264 e. The average molecular weight is 545 g/mol. The number of carbonyl (C=O) groups excluding carboxylic acids is 1. The van der Waals surface area contributed by atoms with Crippen LogP contribution in [0.15, 0.2) is 41.3 Å². The lowest BCUT2D eigenvalue weighted by molar-refractivity contribution is -0.119. The van der Waals surface area contributed by atoms with Crippen LogP contribution < -0.4 is 19.1 Å². The Morgan fingerprint density at radius 2 is 1.83 bits per heavy atom. The Morgan fingerprint density at radius 3 is 2.49 bits per heavy atom. The predicted octanol–water partition coefficient (Wildman–Crippen LogP) is 4.87. The van der Waals surface area contributed by atoms with Crippen molar-refractivity contribution < 1.29 is 27.1 Å². The van der Waals surface area contributed by atoms with Crippen LogP contribution in [-0.4, -0.2) is 52.6 Å². The van der Waals surface area contributed by atoms with Crippen molar-refractivity contribution in [3.63, 3.8) is 0 Å². The highest BCUT2D eigenvalue weighted by atomic mass is 35.5. The van der Waals surface area contributed by atoms with E-state index in [9.17, 15) is 17.6 Å². The van der Waals surface area contributed by atoms with Gasteiger partial charge in [-0.3, -0.25) is 9.10 Å². The van der Waals surface area contributed by atoms with Crippen LogP contribution in [-0.2, 0) is 14.8 Å². The van der Waals surface area contributed by atoms with Crippen molar-refractivity contribution in [1.29, 1.82) is 0 Å². The lowest BCUT2D eigenvalue weighted by Gasteiger charge is -2.25. The molecule has 2 aromatic carbocycles. The molecule has 1 aliphatic carbocycles. The van der Waals surface area contributed by atoms with Crippen LogP contribution in [0, 0.1) is 5.82 Å². The number of ether oxygens (including phenoxy) is 2. The summed E-state index contributed by atoms with van der Waals surface area (Å²) in [5, 5.41) is 3.16. The molecule has 0 bridgehead atoms. The van der Waals surface area contributed by atoms with Gasteiger partial charge in [-0.2, -0.15) is 11.8 Å². The van der Waals surface area contributed by atoms with E-state index in [-0.39, 0.29) is 21.4 Å². The molecule has 1 aliphatic rings. The fourth-order valence-electron chi connectivity index (χ4n) is 3.89. The van der Waals surface area contributed by atoms with Gasteiger partial charge in [-0.15, -0.1) is 0 Å². The number of amides is 1. The number of sulfonamides is 1. The molecule has 11 heteroatoms. The van der Waals surface area contributed by atoms with E-state index < -0.39 is 28.3 Å². The highest BCUT2D eigenvalue weighted by molar-refractivity contribution is 7.99. The summed E-state index contributed by atoms with van der Waals surface area (Å²) in [6, 6.07) is 7.64. The van der Waals surface area contributed by atoms with Gasteiger partial charge in [-0.1, -0.05) is 30.9 Å². The first-order valence-electron chi connectivity index (χ1n) is 11.3. The highest BCUT2D eigenvalue weighted by Gasteiger charge is 2.29. The number of nitrogens with zero attached hydrogens (tertiary/aromatic N) is 1. The maximum atomic E-state index is 13.8. The normalized spacial score (nSPS) is 14.4. The summed E-state index contributed by atoms with van der Waals surface area (Å²) in [7, 11) is -1.40. The third-order valence-corrected chi connectivity index (χ3v) is 9.19. The molecule has 1 amide bonds. The van der Waals surface area contributed by atoms with Crippen molar-refractivity contribution in [1.82, 2.24) is 5.32 Å². The second-order valence-corrected chi connectivity index (χ2v) is 11.8. The zero-order chi connectivity index (χ0) is 25.4. The minimum atomic E-state index is -4.23. The second-order valence-electron chi connectivity index (χ2n) is 8.11. The Morgan fingerprint density at radius 1 is 1.11 bits per heavy atom. The van der Waals surface area contributed by atoms with E-state index in [1.54, 1.807) is 0 Å². The van der Waals surface area contributed by atoms with Crippen molar-refractivity contribution >= 4 is 45.0 Å². The standard InChI is InChI=1S/C24H30ClFN2O5S2/c1-32-22-11-9-19(15-23(22)33-2)35(30,31)28(17-8-10-21(26)20(25)14-17)16-24(29)27-12-13-34-18-6-4-3-5-7-18/h8-11,14-15,18H,3-7,12-13,16H2,1-2H3,(H,27,29). The molecule has 3 rings (SSSR count). The number of hydrogen-bond acceptors (Lipinski definition) is 6. The van der Waals surface area contributed by atoms with Gasteiger partial charge in [0.1, 0.15) is 12.4 Å². The third kappa shape index (κ3) is 7.17. The number of carbonyl (C=O) groups is 1. The molecule has 0 aromatic heterocycles. The Bertz CT molecular complexity index is 1130. The molecule has 2 aromatic rings. The first-order valence-corrected chi connectivity index (χ1v) is 14.2. The van der Waals surface area contributed by atoms with Gasteiger partial charge in [0.2, 0.25) is 5.91 Å². The number of methoxy groups -OCH3 is 2. The molecule has 1 saturated carbocycles. The Balaban J connectivity index is 1.78. The molecule has 35 heavy (non-hydrogen) atoms. The van der Waals surface area contributed by atoms with Crippen molar-refractivity contribution in [2.45, 2.75) is 42.2 Å². The largest absolute Gasteiger partial charge is 0.493 e. The van der Waals surface area contributed by atoms with E-state index in [2.05, 4.69) is 5.32 Å². The van der Waals surface area contributed by atoms with Crippen molar-refractivity contribution in [2.75, 3.05) is 37.4 Å². The summed E-state index contributed by atoms with van der Waals surface area (Å²) in [5.41, 5.74) is 0.0675. The van der Waals surface area contributed by atoms with Gasteiger partial charge in [0.15, 0.2) is 11.5 Å². The zero-order valence-electron chi connectivity index (χ0n) is 19.8. The molecule has 0 aliphatic heterocycles. The number of rotatable bonds is 11. The lowest BCUT2D eigenvalue weighted by atomic mass is 10.0. The van der Waals surface area contributed by atoms with Crippen LogP contribution in [0.1, 0.15) is 32.1 Å². The van der Waals surface area contributed by atoms with Gasteiger partial charge in [0.25, 0.3) is 10.0 Å². The smallest absolute Gasteiger partial charge is 0.264 e. The van der Waals surface area contributed by atoms with E-state index in [1.165, 1.54) is 76.7 Å². The molecule has 1 fully saturated rings. The van der Waals surface area contributed by atoms with Crippen molar-refractivity contribution in [3.8, 4) is 11.5 Å². The topological polar surface area (TPSA) is 84.9 Å². The third-order valence-electron chi connectivity index (χ3n) is 5.75. The number of nitrogens with one attached hydrogen (secondary N) is 1. The molecular weight excluding hydrogens is 515 g/mol. The van der Waals surface area contributed by atoms with E-state index in [0.717, 1.165) is 16.1 Å². The van der Waals surface area contributed by atoms with Crippen LogP contribution in [0.2, 0.25) is 5.02 Å². The predicted molar refractivity (Wildman–Crippen MR) is 138 cm³/mol. The van der Waals surface area contributed by atoms with Crippen LogP contribution in [0.5, 0.6) is 11.5 Å². The highest BCUT2D eigenvalue weighted by Crippen LogP contribution is 2.33. The minimum absolute atomic E-state index is 0.0675. The lowest BCUT2D eigenvalue weighted by Crippen LogP contribution is -2.41. The maximum absolute atomic E-state index is 13.8. The average Bonchev–Trinajstić information content (AvgIpc) is 2.87. The SMILES string of the molecule is COc1ccc(S(=O)(=O)N(CC(=O)NCCSC2CCCCC2)c2ccc(F)c(Cl)c2)cc1OC.